The van der Waals surface area contributed by atoms with E-state index in [4.69, 9.17) is 10.00 Å². The first-order valence-electron chi connectivity index (χ1n) is 5.22. The van der Waals surface area contributed by atoms with E-state index in [2.05, 4.69) is 22.6 Å². The van der Waals surface area contributed by atoms with Crippen LogP contribution in [0.1, 0.15) is 5.56 Å². The van der Waals surface area contributed by atoms with Crippen LogP contribution < -0.4 is 4.74 Å². The third-order valence-electron chi connectivity index (χ3n) is 2.32. The number of nitro groups is 1. The maximum atomic E-state index is 10.6. The van der Waals surface area contributed by atoms with Gasteiger partial charge in [-0.3, -0.25) is 10.1 Å². The quantitative estimate of drug-likeness (QED) is 0.470. The molecule has 2 aromatic rings. The van der Waals surface area contributed by atoms with Crippen molar-refractivity contribution in [3.8, 4) is 17.6 Å². The van der Waals surface area contributed by atoms with Crippen molar-refractivity contribution in [3.63, 3.8) is 0 Å². The molecule has 0 aliphatic carbocycles. The molecule has 5 nitrogen and oxygen atoms in total. The van der Waals surface area contributed by atoms with Crippen molar-refractivity contribution >= 4 is 28.3 Å². The van der Waals surface area contributed by atoms with Crippen molar-refractivity contribution < 1.29 is 9.66 Å². The summed E-state index contributed by atoms with van der Waals surface area (Å²) >= 11 is 2.15. The largest absolute Gasteiger partial charge is 0.456 e. The molecule has 0 saturated heterocycles. The summed E-state index contributed by atoms with van der Waals surface area (Å²) in [6.45, 7) is 0. The van der Waals surface area contributed by atoms with Gasteiger partial charge in [0.1, 0.15) is 23.1 Å². The van der Waals surface area contributed by atoms with Gasteiger partial charge in [0.05, 0.1) is 4.92 Å². The van der Waals surface area contributed by atoms with Gasteiger partial charge < -0.3 is 4.74 Å². The molecule has 0 aliphatic rings. The number of ether oxygens (including phenoxy) is 1. The molecule has 0 radical (unpaired) electrons. The van der Waals surface area contributed by atoms with E-state index in [1.54, 1.807) is 6.07 Å². The van der Waals surface area contributed by atoms with Gasteiger partial charge in [0.25, 0.3) is 5.69 Å². The van der Waals surface area contributed by atoms with E-state index in [-0.39, 0.29) is 11.3 Å². The van der Waals surface area contributed by atoms with Crippen molar-refractivity contribution in [1.29, 1.82) is 5.26 Å². The molecule has 0 heterocycles. The van der Waals surface area contributed by atoms with Crippen LogP contribution in [0.3, 0.4) is 0 Å². The number of hydrogen-bond acceptors (Lipinski definition) is 4. The zero-order valence-electron chi connectivity index (χ0n) is 9.54. The van der Waals surface area contributed by atoms with Crippen LogP contribution in [0.5, 0.6) is 11.5 Å². The van der Waals surface area contributed by atoms with Crippen LogP contribution in [0.4, 0.5) is 5.69 Å². The molecule has 0 spiro atoms. The van der Waals surface area contributed by atoms with E-state index >= 15 is 0 Å². The van der Waals surface area contributed by atoms with Crippen LogP contribution in [0.2, 0.25) is 0 Å². The maximum Gasteiger partial charge on any atom is 0.271 e. The summed E-state index contributed by atoms with van der Waals surface area (Å²) in [7, 11) is 0. The van der Waals surface area contributed by atoms with Gasteiger partial charge in [-0.05, 0) is 46.9 Å². The van der Waals surface area contributed by atoms with Crippen LogP contribution in [-0.4, -0.2) is 4.92 Å². The van der Waals surface area contributed by atoms with Gasteiger partial charge in [0.2, 0.25) is 0 Å². The van der Waals surface area contributed by atoms with E-state index in [9.17, 15) is 10.1 Å². The molecular formula is C13H7IN2O3. The molecule has 0 aliphatic heterocycles. The number of nitro benzene ring substituents is 1. The second-order valence-electron chi connectivity index (χ2n) is 3.61. The summed E-state index contributed by atoms with van der Waals surface area (Å²) in [5, 5.41) is 19.6. The van der Waals surface area contributed by atoms with Crippen LogP contribution in [0.25, 0.3) is 0 Å². The van der Waals surface area contributed by atoms with Gasteiger partial charge in [-0.15, -0.1) is 0 Å². The monoisotopic (exact) mass is 366 g/mol. The Bertz CT molecular complexity index is 680. The topological polar surface area (TPSA) is 76.2 Å². The normalized spacial score (nSPS) is 9.68. The summed E-state index contributed by atoms with van der Waals surface area (Å²) in [4.78, 5) is 10.1. The molecule has 2 aromatic carbocycles. The number of rotatable bonds is 3. The van der Waals surface area contributed by atoms with E-state index in [0.29, 0.717) is 11.5 Å². The molecule has 0 bridgehead atoms. The fourth-order valence-electron chi connectivity index (χ4n) is 1.47. The smallest absolute Gasteiger partial charge is 0.271 e. The lowest BCUT2D eigenvalue weighted by molar-refractivity contribution is -0.384. The second-order valence-corrected chi connectivity index (χ2v) is 4.85. The summed E-state index contributed by atoms with van der Waals surface area (Å²) in [5.41, 5.74) is -0.000367. The molecular weight excluding hydrogens is 359 g/mol. The number of non-ortho nitro benzene ring substituents is 1. The van der Waals surface area contributed by atoms with Gasteiger partial charge >= 0.3 is 0 Å². The molecule has 0 N–H and O–H groups in total. The van der Waals surface area contributed by atoms with Crippen LogP contribution in [0, 0.1) is 25.0 Å². The minimum Gasteiger partial charge on any atom is -0.456 e. The third-order valence-corrected chi connectivity index (χ3v) is 2.99. The van der Waals surface area contributed by atoms with Crippen molar-refractivity contribution in [1.82, 2.24) is 0 Å². The Hall–Kier alpha value is -2.14. The first-order valence-corrected chi connectivity index (χ1v) is 6.30. The van der Waals surface area contributed by atoms with E-state index < -0.39 is 4.92 Å². The molecule has 0 amide bonds. The van der Waals surface area contributed by atoms with Crippen LogP contribution >= 0.6 is 22.6 Å². The molecule has 0 aromatic heterocycles. The Labute approximate surface area is 122 Å². The van der Waals surface area contributed by atoms with Crippen LogP contribution in [0.15, 0.2) is 42.5 Å². The lowest BCUT2D eigenvalue weighted by Gasteiger charge is -2.07. The highest BCUT2D eigenvalue weighted by Gasteiger charge is 2.12. The number of nitriles is 1. The highest BCUT2D eigenvalue weighted by molar-refractivity contribution is 14.1. The van der Waals surface area contributed by atoms with E-state index in [1.807, 2.05) is 24.3 Å². The van der Waals surface area contributed by atoms with Crippen LogP contribution in [-0.2, 0) is 0 Å². The van der Waals surface area contributed by atoms with Crippen molar-refractivity contribution in [2.24, 2.45) is 0 Å². The Morgan fingerprint density at radius 1 is 1.26 bits per heavy atom. The van der Waals surface area contributed by atoms with Crippen molar-refractivity contribution in [3.05, 3.63) is 61.7 Å². The second kappa shape index (κ2) is 5.67. The number of benzene rings is 2. The minimum absolute atomic E-state index is 0.132. The maximum absolute atomic E-state index is 10.6. The third kappa shape index (κ3) is 3.20. The zero-order valence-corrected chi connectivity index (χ0v) is 11.7. The number of halogens is 1. The summed E-state index contributed by atoms with van der Waals surface area (Å²) < 4.78 is 6.56. The Morgan fingerprint density at radius 3 is 2.68 bits per heavy atom. The van der Waals surface area contributed by atoms with Gasteiger partial charge in [-0.2, -0.15) is 5.26 Å². The highest BCUT2D eigenvalue weighted by Crippen LogP contribution is 2.28. The lowest BCUT2D eigenvalue weighted by Crippen LogP contribution is -1.92. The summed E-state index contributed by atoms with van der Waals surface area (Å²) in [6.07, 6.45) is 0. The first kappa shape index (κ1) is 13.3. The molecule has 0 fully saturated rings. The van der Waals surface area contributed by atoms with E-state index in [1.165, 1.54) is 18.2 Å². The Morgan fingerprint density at radius 2 is 2.05 bits per heavy atom. The predicted octanol–water partition coefficient (Wildman–Crippen LogP) is 3.86. The fraction of sp³-hybridized carbons (Fsp3) is 0. The lowest BCUT2D eigenvalue weighted by atomic mass is 10.2. The first-order chi connectivity index (χ1) is 9.10. The SMILES string of the molecule is N#Cc1cc([N+](=O)[O-])ccc1Oc1cccc(I)c1. The van der Waals surface area contributed by atoms with Gasteiger partial charge in [0.15, 0.2) is 0 Å². The molecule has 6 heteroatoms. The van der Waals surface area contributed by atoms with Crippen molar-refractivity contribution in [2.45, 2.75) is 0 Å². The average molecular weight is 366 g/mol. The Balaban J connectivity index is 2.36. The molecule has 0 saturated carbocycles. The molecule has 0 unspecified atom stereocenters. The molecule has 0 atom stereocenters. The van der Waals surface area contributed by atoms with Gasteiger partial charge in [0, 0.05) is 15.7 Å². The standard InChI is InChI=1S/C13H7IN2O3/c14-10-2-1-3-12(7-10)19-13-5-4-11(16(17)18)6-9(13)8-15/h1-7H. The predicted molar refractivity (Wildman–Crippen MR) is 77.0 cm³/mol. The fourth-order valence-corrected chi connectivity index (χ4v) is 1.98. The van der Waals surface area contributed by atoms with Gasteiger partial charge in [-0.25, -0.2) is 0 Å². The highest BCUT2D eigenvalue weighted by atomic mass is 127. The Kier molecular flexibility index (Phi) is 3.97. The minimum atomic E-state index is -0.546. The summed E-state index contributed by atoms with van der Waals surface area (Å²) in [6, 6.07) is 13.1. The molecule has 19 heavy (non-hydrogen) atoms. The van der Waals surface area contributed by atoms with Gasteiger partial charge in [-0.1, -0.05) is 6.07 Å². The summed E-state index contributed by atoms with van der Waals surface area (Å²) in [5.74, 6) is 0.882. The number of hydrogen-bond donors (Lipinski definition) is 0. The molecule has 94 valence electrons. The zero-order chi connectivity index (χ0) is 13.8. The molecule has 2 rings (SSSR count). The average Bonchev–Trinajstić information content (AvgIpc) is 2.39. The van der Waals surface area contributed by atoms with E-state index in [0.717, 1.165) is 3.57 Å². The number of nitrogens with zero attached hydrogens (tertiary/aromatic N) is 2. The van der Waals surface area contributed by atoms with Crippen molar-refractivity contribution in [2.75, 3.05) is 0 Å².